The molecule has 0 unspecified atom stereocenters. The van der Waals surface area contributed by atoms with Crippen LogP contribution in [0.3, 0.4) is 0 Å². The third-order valence-electron chi connectivity index (χ3n) is 4.26. The van der Waals surface area contributed by atoms with E-state index in [0.717, 1.165) is 18.4 Å². The molecule has 0 saturated carbocycles. The molecular formula is C22H28N2O5S. The van der Waals surface area contributed by atoms with Crippen molar-refractivity contribution in [2.75, 3.05) is 20.3 Å². The standard InChI is InChI=1S/C22H28N2O5S/c1-4-6-13-29-20-11-10-17(14-21(20)28-3)16-23-22(25)18-8-7-9-19(15-18)30(26,27)24-12-5-2/h5,7-11,14-15,24H,2,4,6,12-13,16H2,1,3H3,(H,23,25). The summed E-state index contributed by atoms with van der Waals surface area (Å²) in [6.45, 7) is 6.56. The average Bonchev–Trinajstić information content (AvgIpc) is 2.76. The van der Waals surface area contributed by atoms with E-state index in [2.05, 4.69) is 23.5 Å². The van der Waals surface area contributed by atoms with Crippen LogP contribution in [0.25, 0.3) is 0 Å². The van der Waals surface area contributed by atoms with Gasteiger partial charge in [-0.1, -0.05) is 31.6 Å². The van der Waals surface area contributed by atoms with Gasteiger partial charge in [-0.2, -0.15) is 0 Å². The van der Waals surface area contributed by atoms with Crippen molar-refractivity contribution in [2.45, 2.75) is 31.2 Å². The first kappa shape index (κ1) is 23.4. The van der Waals surface area contributed by atoms with E-state index < -0.39 is 10.0 Å². The van der Waals surface area contributed by atoms with Gasteiger partial charge in [-0.3, -0.25) is 4.79 Å². The number of carbonyl (C=O) groups is 1. The van der Waals surface area contributed by atoms with Crippen LogP contribution < -0.4 is 19.5 Å². The van der Waals surface area contributed by atoms with Crippen LogP contribution in [0.2, 0.25) is 0 Å². The van der Waals surface area contributed by atoms with E-state index in [-0.39, 0.29) is 29.5 Å². The predicted molar refractivity (Wildman–Crippen MR) is 116 cm³/mol. The highest BCUT2D eigenvalue weighted by molar-refractivity contribution is 7.89. The highest BCUT2D eigenvalue weighted by Crippen LogP contribution is 2.28. The van der Waals surface area contributed by atoms with Crippen LogP contribution in [0.15, 0.2) is 60.0 Å². The van der Waals surface area contributed by atoms with Crippen LogP contribution in [0.5, 0.6) is 11.5 Å². The van der Waals surface area contributed by atoms with Gasteiger partial charge in [0.1, 0.15) is 0 Å². The largest absolute Gasteiger partial charge is 0.493 e. The Morgan fingerprint density at radius 3 is 2.67 bits per heavy atom. The predicted octanol–water partition coefficient (Wildman–Crippen LogP) is 3.27. The minimum Gasteiger partial charge on any atom is -0.493 e. The summed E-state index contributed by atoms with van der Waals surface area (Å²) < 4.78 is 37.9. The number of nitrogens with one attached hydrogen (secondary N) is 2. The van der Waals surface area contributed by atoms with E-state index in [4.69, 9.17) is 9.47 Å². The van der Waals surface area contributed by atoms with Crippen LogP contribution in [-0.4, -0.2) is 34.6 Å². The molecule has 8 heteroatoms. The van der Waals surface area contributed by atoms with Crippen molar-refractivity contribution in [3.63, 3.8) is 0 Å². The van der Waals surface area contributed by atoms with E-state index in [1.807, 2.05) is 18.2 Å². The van der Waals surface area contributed by atoms with Crippen LogP contribution in [0, 0.1) is 0 Å². The van der Waals surface area contributed by atoms with E-state index in [9.17, 15) is 13.2 Å². The zero-order chi connectivity index (χ0) is 22.0. The normalized spacial score (nSPS) is 11.0. The second-order valence-electron chi connectivity index (χ2n) is 6.54. The van der Waals surface area contributed by atoms with E-state index in [1.165, 1.54) is 24.3 Å². The quantitative estimate of drug-likeness (QED) is 0.397. The lowest BCUT2D eigenvalue weighted by Crippen LogP contribution is -2.25. The highest BCUT2D eigenvalue weighted by atomic mass is 32.2. The Balaban J connectivity index is 2.05. The summed E-state index contributed by atoms with van der Waals surface area (Å²) in [4.78, 5) is 12.5. The molecule has 0 fully saturated rings. The Kier molecular flexibility index (Phi) is 8.89. The molecule has 0 aliphatic rings. The second-order valence-corrected chi connectivity index (χ2v) is 8.31. The highest BCUT2D eigenvalue weighted by Gasteiger charge is 2.15. The summed E-state index contributed by atoms with van der Waals surface area (Å²) in [5.41, 5.74) is 1.09. The van der Waals surface area contributed by atoms with E-state index in [0.29, 0.717) is 18.1 Å². The number of benzene rings is 2. The van der Waals surface area contributed by atoms with Gasteiger partial charge in [-0.05, 0) is 42.3 Å². The third kappa shape index (κ3) is 6.60. The van der Waals surface area contributed by atoms with Gasteiger partial charge < -0.3 is 14.8 Å². The van der Waals surface area contributed by atoms with Crippen LogP contribution in [0.1, 0.15) is 35.7 Å². The number of rotatable bonds is 12. The molecule has 0 aliphatic heterocycles. The summed E-state index contributed by atoms with van der Waals surface area (Å²) >= 11 is 0. The maximum absolute atomic E-state index is 12.5. The second kappa shape index (κ2) is 11.4. The maximum atomic E-state index is 12.5. The molecule has 162 valence electrons. The molecule has 30 heavy (non-hydrogen) atoms. The Bertz CT molecular complexity index is 973. The van der Waals surface area contributed by atoms with Crippen molar-refractivity contribution in [1.82, 2.24) is 10.0 Å². The first-order chi connectivity index (χ1) is 14.4. The molecule has 7 nitrogen and oxygen atoms in total. The van der Waals surface area contributed by atoms with Crippen molar-refractivity contribution in [2.24, 2.45) is 0 Å². The zero-order valence-electron chi connectivity index (χ0n) is 17.3. The number of ether oxygens (including phenoxy) is 2. The fraction of sp³-hybridized carbons (Fsp3) is 0.318. The van der Waals surface area contributed by atoms with Gasteiger partial charge in [0.05, 0.1) is 18.6 Å². The zero-order valence-corrected chi connectivity index (χ0v) is 18.1. The lowest BCUT2D eigenvalue weighted by Gasteiger charge is -2.13. The summed E-state index contributed by atoms with van der Waals surface area (Å²) in [5.74, 6) is 0.878. The van der Waals surface area contributed by atoms with Gasteiger partial charge in [0.15, 0.2) is 11.5 Å². The molecule has 0 aliphatic carbocycles. The van der Waals surface area contributed by atoms with Gasteiger partial charge >= 0.3 is 0 Å². The van der Waals surface area contributed by atoms with Gasteiger partial charge in [0.2, 0.25) is 10.0 Å². The lowest BCUT2D eigenvalue weighted by molar-refractivity contribution is 0.0950. The van der Waals surface area contributed by atoms with Crippen molar-refractivity contribution < 1.29 is 22.7 Å². The molecule has 1 amide bonds. The molecule has 0 spiro atoms. The maximum Gasteiger partial charge on any atom is 0.251 e. The van der Waals surface area contributed by atoms with Gasteiger partial charge in [-0.15, -0.1) is 6.58 Å². The Labute approximate surface area is 178 Å². The molecule has 0 saturated heterocycles. The van der Waals surface area contributed by atoms with Crippen LogP contribution in [0.4, 0.5) is 0 Å². The molecule has 2 aromatic carbocycles. The molecule has 0 heterocycles. The molecule has 0 atom stereocenters. The minimum absolute atomic E-state index is 0.0206. The number of unbranched alkanes of at least 4 members (excludes halogenated alkanes) is 1. The third-order valence-corrected chi connectivity index (χ3v) is 5.68. The summed E-state index contributed by atoms with van der Waals surface area (Å²) in [5, 5.41) is 2.79. The summed E-state index contributed by atoms with van der Waals surface area (Å²) in [6.07, 6.45) is 3.45. The van der Waals surface area contributed by atoms with Gasteiger partial charge in [0, 0.05) is 18.7 Å². The summed E-state index contributed by atoms with van der Waals surface area (Å²) in [6, 6.07) is 11.3. The molecule has 2 rings (SSSR count). The van der Waals surface area contributed by atoms with E-state index in [1.54, 1.807) is 13.2 Å². The lowest BCUT2D eigenvalue weighted by atomic mass is 10.1. The number of methoxy groups -OCH3 is 1. The Hall–Kier alpha value is -2.84. The van der Waals surface area contributed by atoms with Crippen molar-refractivity contribution in [1.29, 1.82) is 0 Å². The number of amides is 1. The number of carbonyl (C=O) groups excluding carboxylic acids is 1. The van der Waals surface area contributed by atoms with Gasteiger partial charge in [0.25, 0.3) is 5.91 Å². The monoisotopic (exact) mass is 432 g/mol. The first-order valence-corrected chi connectivity index (χ1v) is 11.2. The average molecular weight is 433 g/mol. The molecule has 2 N–H and O–H groups in total. The Morgan fingerprint density at radius 1 is 1.17 bits per heavy atom. The van der Waals surface area contributed by atoms with E-state index >= 15 is 0 Å². The molecule has 2 aromatic rings. The molecular weight excluding hydrogens is 404 g/mol. The van der Waals surface area contributed by atoms with Crippen molar-refractivity contribution in [3.8, 4) is 11.5 Å². The molecule has 0 radical (unpaired) electrons. The topological polar surface area (TPSA) is 93.7 Å². The first-order valence-electron chi connectivity index (χ1n) is 9.69. The number of hydrogen-bond acceptors (Lipinski definition) is 5. The van der Waals surface area contributed by atoms with Crippen molar-refractivity contribution >= 4 is 15.9 Å². The number of hydrogen-bond donors (Lipinski definition) is 2. The minimum atomic E-state index is -3.70. The Morgan fingerprint density at radius 2 is 1.97 bits per heavy atom. The van der Waals surface area contributed by atoms with Crippen molar-refractivity contribution in [3.05, 3.63) is 66.2 Å². The van der Waals surface area contributed by atoms with Gasteiger partial charge in [-0.25, -0.2) is 13.1 Å². The fourth-order valence-corrected chi connectivity index (χ4v) is 3.65. The van der Waals surface area contributed by atoms with Crippen LogP contribution >= 0.6 is 0 Å². The van der Waals surface area contributed by atoms with Crippen LogP contribution in [-0.2, 0) is 16.6 Å². The fourth-order valence-electron chi connectivity index (χ4n) is 2.61. The molecule has 0 bridgehead atoms. The molecule has 0 aromatic heterocycles. The smallest absolute Gasteiger partial charge is 0.251 e. The number of sulfonamides is 1. The SMILES string of the molecule is C=CCNS(=O)(=O)c1cccc(C(=O)NCc2ccc(OCCCC)c(OC)c2)c1. The summed E-state index contributed by atoms with van der Waals surface area (Å²) in [7, 11) is -2.13.